The Balaban J connectivity index is 0.00000924. The lowest BCUT2D eigenvalue weighted by molar-refractivity contribution is -0.128. The highest BCUT2D eigenvalue weighted by atomic mass is 35.5. The third kappa shape index (κ3) is 14.9. The number of nitrogens with two attached hydrogens (primary N) is 1. The first-order valence-electron chi connectivity index (χ1n) is 16.2. The molecule has 1 aliphatic heterocycles. The molecule has 4 N–H and O–H groups in total. The number of aliphatic hydroxyl groups is 1. The van der Waals surface area contributed by atoms with Gasteiger partial charge in [0.05, 0.1) is 19.8 Å². The van der Waals surface area contributed by atoms with Crippen molar-refractivity contribution in [2.24, 2.45) is 35.3 Å². The Bertz CT molecular complexity index is 913. The number of carbonyl (C=O) groups excluding carboxylic acids is 1. The summed E-state index contributed by atoms with van der Waals surface area (Å²) < 4.78 is 16.6. The number of carbonyl (C=O) groups is 1. The fraction of sp³-hybridized carbons (Fsp3) is 0.794. The maximum Gasteiger partial charge on any atom is 0.223 e. The molecular formula is C34H63Cl2N3O5. The number of nitrogens with zero attached hydrogens (tertiary/aromatic N) is 1. The molecule has 0 bridgehead atoms. The van der Waals surface area contributed by atoms with Gasteiger partial charge >= 0.3 is 0 Å². The summed E-state index contributed by atoms with van der Waals surface area (Å²) in [7, 11) is 3.33. The van der Waals surface area contributed by atoms with Crippen LogP contribution in [0.15, 0.2) is 18.2 Å². The number of ether oxygens (including phenoxy) is 3. The van der Waals surface area contributed by atoms with Crippen LogP contribution in [0.5, 0.6) is 11.5 Å². The van der Waals surface area contributed by atoms with E-state index in [4.69, 9.17) is 19.9 Å². The Morgan fingerprint density at radius 3 is 2.20 bits per heavy atom. The number of methoxy groups -OCH3 is 2. The molecule has 1 aromatic rings. The average Bonchev–Trinajstić information content (AvgIpc) is 2.94. The van der Waals surface area contributed by atoms with Crippen LogP contribution in [0, 0.1) is 29.6 Å². The van der Waals surface area contributed by atoms with Crippen molar-refractivity contribution < 1.29 is 24.1 Å². The molecule has 1 aliphatic rings. The van der Waals surface area contributed by atoms with Gasteiger partial charge in [-0.3, -0.25) is 4.79 Å². The number of hydrogen-bond donors (Lipinski definition) is 3. The third-order valence-corrected chi connectivity index (χ3v) is 8.68. The monoisotopic (exact) mass is 663 g/mol. The highest BCUT2D eigenvalue weighted by Gasteiger charge is 2.31. The van der Waals surface area contributed by atoms with Crippen molar-refractivity contribution in [3.05, 3.63) is 23.8 Å². The van der Waals surface area contributed by atoms with E-state index in [0.717, 1.165) is 56.6 Å². The fourth-order valence-electron chi connectivity index (χ4n) is 5.95. The molecule has 0 saturated carbocycles. The maximum atomic E-state index is 13.3. The van der Waals surface area contributed by atoms with Crippen LogP contribution in [0.4, 0.5) is 0 Å². The van der Waals surface area contributed by atoms with E-state index in [1.165, 1.54) is 0 Å². The molecule has 1 fully saturated rings. The SMILES string of the molecule is COCCCOc1cc(CC(CC(N)C(O)CC(C(=O)NC2CCN(CC(C)C)CC2)C(C)C)C(C)C)ccc1OC.Cl.Cl. The number of rotatable bonds is 19. The molecular weight excluding hydrogens is 601 g/mol. The zero-order chi connectivity index (χ0) is 31.2. The molecule has 258 valence electrons. The summed E-state index contributed by atoms with van der Waals surface area (Å²) in [5.41, 5.74) is 7.77. The Labute approximate surface area is 280 Å². The van der Waals surface area contributed by atoms with Gasteiger partial charge in [-0.25, -0.2) is 0 Å². The van der Waals surface area contributed by atoms with E-state index >= 15 is 0 Å². The number of likely N-dealkylation sites (tertiary alicyclic amines) is 1. The molecule has 10 heteroatoms. The lowest BCUT2D eigenvalue weighted by Crippen LogP contribution is -2.48. The summed E-state index contributed by atoms with van der Waals surface area (Å²) in [6, 6.07) is 5.87. The quantitative estimate of drug-likeness (QED) is 0.162. The molecule has 1 aromatic carbocycles. The highest BCUT2D eigenvalue weighted by Crippen LogP contribution is 2.32. The molecule has 1 amide bonds. The first-order chi connectivity index (χ1) is 19.9. The predicted octanol–water partition coefficient (Wildman–Crippen LogP) is 5.75. The molecule has 0 aliphatic carbocycles. The van der Waals surface area contributed by atoms with Crippen LogP contribution in [-0.4, -0.2) is 81.2 Å². The number of aliphatic hydroxyl groups excluding tert-OH is 1. The van der Waals surface area contributed by atoms with Crippen LogP contribution in [0.2, 0.25) is 0 Å². The van der Waals surface area contributed by atoms with Gasteiger partial charge in [0.1, 0.15) is 0 Å². The first-order valence-corrected chi connectivity index (χ1v) is 16.2. The third-order valence-electron chi connectivity index (χ3n) is 8.68. The molecule has 2 rings (SSSR count). The average molecular weight is 665 g/mol. The number of amides is 1. The zero-order valence-electron chi connectivity index (χ0n) is 28.6. The summed E-state index contributed by atoms with van der Waals surface area (Å²) in [5.74, 6) is 2.65. The summed E-state index contributed by atoms with van der Waals surface area (Å²) in [6.07, 6.45) is 3.89. The minimum absolute atomic E-state index is 0. The second-order valence-electron chi connectivity index (χ2n) is 13.4. The Hall–Kier alpha value is -1.29. The lowest BCUT2D eigenvalue weighted by Gasteiger charge is -2.35. The molecule has 4 unspecified atom stereocenters. The zero-order valence-corrected chi connectivity index (χ0v) is 30.2. The minimum Gasteiger partial charge on any atom is -0.493 e. The topological polar surface area (TPSA) is 106 Å². The van der Waals surface area contributed by atoms with Gasteiger partial charge in [-0.05, 0) is 73.5 Å². The van der Waals surface area contributed by atoms with E-state index in [-0.39, 0.29) is 54.5 Å². The van der Waals surface area contributed by atoms with E-state index < -0.39 is 12.1 Å². The van der Waals surface area contributed by atoms with Crippen molar-refractivity contribution in [1.82, 2.24) is 10.2 Å². The molecule has 8 nitrogen and oxygen atoms in total. The summed E-state index contributed by atoms with van der Waals surface area (Å²) >= 11 is 0. The summed E-state index contributed by atoms with van der Waals surface area (Å²) in [6.45, 7) is 17.4. The standard InChI is InChI=1S/C34H61N3O5.2ClH/c1-23(2)22-37-14-12-28(13-15-37)36-34(39)29(25(5)6)21-31(38)30(35)20-27(24(3)4)18-26-10-11-32(41-8)33(19-26)42-17-9-16-40-7;;/h10-11,19,23-25,27-31,38H,9,12-18,20-22,35H2,1-8H3,(H,36,39);2*1H. The van der Waals surface area contributed by atoms with Crippen molar-refractivity contribution in [2.45, 2.75) is 98.3 Å². The van der Waals surface area contributed by atoms with Crippen molar-refractivity contribution in [2.75, 3.05) is 47.1 Å². The lowest BCUT2D eigenvalue weighted by atomic mass is 9.80. The second-order valence-corrected chi connectivity index (χ2v) is 13.4. The molecule has 1 heterocycles. The second kappa shape index (κ2) is 22.3. The van der Waals surface area contributed by atoms with Gasteiger partial charge in [0.2, 0.25) is 5.91 Å². The Kier molecular flexibility index (Phi) is 21.6. The van der Waals surface area contributed by atoms with Gasteiger partial charge in [0.25, 0.3) is 0 Å². The van der Waals surface area contributed by atoms with E-state index in [1.54, 1.807) is 14.2 Å². The van der Waals surface area contributed by atoms with Gasteiger partial charge in [-0.1, -0.05) is 47.6 Å². The predicted molar refractivity (Wildman–Crippen MR) is 185 cm³/mol. The number of benzene rings is 1. The molecule has 0 radical (unpaired) electrons. The summed E-state index contributed by atoms with van der Waals surface area (Å²) in [5, 5.41) is 14.5. The van der Waals surface area contributed by atoms with Crippen LogP contribution in [0.3, 0.4) is 0 Å². The van der Waals surface area contributed by atoms with E-state index in [1.807, 2.05) is 6.07 Å². The normalized spacial score (nSPS) is 17.0. The van der Waals surface area contributed by atoms with E-state index in [9.17, 15) is 9.90 Å². The van der Waals surface area contributed by atoms with Gasteiger partial charge in [0.15, 0.2) is 11.5 Å². The smallest absolute Gasteiger partial charge is 0.223 e. The van der Waals surface area contributed by atoms with E-state index in [2.05, 4.69) is 63.9 Å². The van der Waals surface area contributed by atoms with Crippen LogP contribution >= 0.6 is 24.8 Å². The van der Waals surface area contributed by atoms with Gasteiger partial charge in [-0.2, -0.15) is 0 Å². The first kappa shape index (κ1) is 42.7. The number of hydrogen-bond acceptors (Lipinski definition) is 7. The fourth-order valence-corrected chi connectivity index (χ4v) is 5.95. The van der Waals surface area contributed by atoms with Gasteiger partial charge < -0.3 is 35.3 Å². The van der Waals surface area contributed by atoms with Crippen molar-refractivity contribution in [3.63, 3.8) is 0 Å². The van der Waals surface area contributed by atoms with Gasteiger partial charge in [-0.15, -0.1) is 24.8 Å². The van der Waals surface area contributed by atoms with Crippen molar-refractivity contribution in [1.29, 1.82) is 0 Å². The maximum absolute atomic E-state index is 13.3. The minimum atomic E-state index is -0.743. The van der Waals surface area contributed by atoms with Crippen molar-refractivity contribution >= 4 is 30.7 Å². The molecule has 44 heavy (non-hydrogen) atoms. The molecule has 0 aromatic heterocycles. The van der Waals surface area contributed by atoms with Crippen LogP contribution in [-0.2, 0) is 16.0 Å². The number of piperidine rings is 1. The van der Waals surface area contributed by atoms with Crippen LogP contribution < -0.4 is 20.5 Å². The molecule has 1 saturated heterocycles. The summed E-state index contributed by atoms with van der Waals surface area (Å²) in [4.78, 5) is 15.8. The van der Waals surface area contributed by atoms with E-state index in [0.29, 0.717) is 43.6 Å². The number of nitrogens with one attached hydrogen (secondary N) is 1. The number of halogens is 2. The highest BCUT2D eigenvalue weighted by molar-refractivity contribution is 5.85. The van der Waals surface area contributed by atoms with Crippen molar-refractivity contribution in [3.8, 4) is 11.5 Å². The Morgan fingerprint density at radius 2 is 1.66 bits per heavy atom. The molecule has 0 spiro atoms. The Morgan fingerprint density at radius 1 is 1.00 bits per heavy atom. The molecule has 4 atom stereocenters. The van der Waals surface area contributed by atoms with Crippen LogP contribution in [0.1, 0.15) is 79.2 Å². The van der Waals surface area contributed by atoms with Gasteiger partial charge in [0, 0.05) is 57.8 Å². The van der Waals surface area contributed by atoms with Crippen LogP contribution in [0.25, 0.3) is 0 Å². The largest absolute Gasteiger partial charge is 0.493 e.